The van der Waals surface area contributed by atoms with E-state index < -0.39 is 0 Å². The van der Waals surface area contributed by atoms with Gasteiger partial charge in [-0.15, -0.1) is 0 Å². The Morgan fingerprint density at radius 2 is 1.84 bits per heavy atom. The fourth-order valence-electron chi connectivity index (χ4n) is 2.21. The van der Waals surface area contributed by atoms with E-state index >= 15 is 0 Å². The SMILES string of the molecule is O=C(CN1C(=O)C(=Cc2ccc(F)cc2)SC1=S)Nc1ccccc1. The zero-order chi connectivity index (χ0) is 17.8. The van der Waals surface area contributed by atoms with Gasteiger partial charge in [0, 0.05) is 5.69 Å². The summed E-state index contributed by atoms with van der Waals surface area (Å²) in [5, 5.41) is 2.72. The van der Waals surface area contributed by atoms with Crippen molar-refractivity contribution in [1.82, 2.24) is 4.90 Å². The Balaban J connectivity index is 1.69. The molecule has 1 saturated heterocycles. The Hall–Kier alpha value is -2.51. The van der Waals surface area contributed by atoms with E-state index in [4.69, 9.17) is 12.2 Å². The summed E-state index contributed by atoms with van der Waals surface area (Å²) in [4.78, 5) is 26.3. The van der Waals surface area contributed by atoms with Crippen LogP contribution in [0.5, 0.6) is 0 Å². The number of rotatable bonds is 4. The van der Waals surface area contributed by atoms with Gasteiger partial charge in [0.25, 0.3) is 5.91 Å². The lowest BCUT2D eigenvalue weighted by atomic mass is 10.2. The molecule has 7 heteroatoms. The lowest BCUT2D eigenvalue weighted by molar-refractivity contribution is -0.126. The van der Waals surface area contributed by atoms with Crippen molar-refractivity contribution in [1.29, 1.82) is 0 Å². The number of nitrogens with one attached hydrogen (secondary N) is 1. The van der Waals surface area contributed by atoms with Crippen LogP contribution >= 0.6 is 24.0 Å². The number of thioether (sulfide) groups is 1. The number of anilines is 1. The summed E-state index contributed by atoms with van der Waals surface area (Å²) in [5.74, 6) is -1.00. The zero-order valence-corrected chi connectivity index (χ0v) is 14.6. The van der Waals surface area contributed by atoms with Gasteiger partial charge in [-0.1, -0.05) is 54.3 Å². The van der Waals surface area contributed by atoms with Gasteiger partial charge in [0.05, 0.1) is 4.91 Å². The first kappa shape index (κ1) is 17.3. The molecule has 0 saturated carbocycles. The number of para-hydroxylation sites is 1. The molecule has 0 aliphatic carbocycles. The van der Waals surface area contributed by atoms with Crippen LogP contribution in [0.25, 0.3) is 6.08 Å². The van der Waals surface area contributed by atoms with Gasteiger partial charge >= 0.3 is 0 Å². The van der Waals surface area contributed by atoms with Crippen LogP contribution in [0.1, 0.15) is 5.56 Å². The molecule has 2 aromatic carbocycles. The Kier molecular flexibility index (Phi) is 5.25. The van der Waals surface area contributed by atoms with Crippen molar-refractivity contribution in [2.75, 3.05) is 11.9 Å². The molecule has 0 aromatic heterocycles. The first-order valence-corrected chi connectivity index (χ1v) is 8.61. The molecular weight excluding hydrogens is 359 g/mol. The molecule has 1 fully saturated rings. The number of carbonyl (C=O) groups excluding carboxylic acids is 2. The van der Waals surface area contributed by atoms with E-state index in [1.807, 2.05) is 6.07 Å². The van der Waals surface area contributed by atoms with Crippen molar-refractivity contribution in [3.8, 4) is 0 Å². The summed E-state index contributed by atoms with van der Waals surface area (Å²) in [5.41, 5.74) is 1.34. The van der Waals surface area contributed by atoms with Crippen LogP contribution in [0, 0.1) is 5.82 Å². The summed E-state index contributed by atoms with van der Waals surface area (Å²) in [6, 6.07) is 14.8. The molecule has 2 amide bonds. The second-order valence-electron chi connectivity index (χ2n) is 5.23. The quantitative estimate of drug-likeness (QED) is 0.657. The first-order chi connectivity index (χ1) is 12.0. The third-order valence-electron chi connectivity index (χ3n) is 3.40. The van der Waals surface area contributed by atoms with Crippen molar-refractivity contribution >= 4 is 51.9 Å². The second-order valence-corrected chi connectivity index (χ2v) is 6.91. The highest BCUT2D eigenvalue weighted by molar-refractivity contribution is 8.26. The smallest absolute Gasteiger partial charge is 0.266 e. The van der Waals surface area contributed by atoms with E-state index in [9.17, 15) is 14.0 Å². The van der Waals surface area contributed by atoms with E-state index in [-0.39, 0.29) is 24.2 Å². The minimum atomic E-state index is -0.345. The Morgan fingerprint density at radius 1 is 1.16 bits per heavy atom. The van der Waals surface area contributed by atoms with Crippen molar-refractivity contribution in [3.63, 3.8) is 0 Å². The fraction of sp³-hybridized carbons (Fsp3) is 0.0556. The van der Waals surface area contributed by atoms with E-state index in [1.54, 1.807) is 42.5 Å². The summed E-state index contributed by atoms with van der Waals surface area (Å²) in [6.07, 6.45) is 1.63. The molecule has 0 radical (unpaired) electrons. The number of nitrogens with zero attached hydrogens (tertiary/aromatic N) is 1. The first-order valence-electron chi connectivity index (χ1n) is 7.39. The average Bonchev–Trinajstić information content (AvgIpc) is 2.85. The Labute approximate surface area is 153 Å². The van der Waals surface area contributed by atoms with Gasteiger partial charge in [-0.05, 0) is 35.9 Å². The maximum atomic E-state index is 13.0. The molecule has 2 aromatic rings. The van der Waals surface area contributed by atoms with Crippen molar-refractivity contribution < 1.29 is 14.0 Å². The number of carbonyl (C=O) groups is 2. The average molecular weight is 372 g/mol. The Bertz CT molecular complexity index is 851. The zero-order valence-electron chi connectivity index (χ0n) is 12.9. The van der Waals surface area contributed by atoms with Crippen molar-refractivity contribution in [3.05, 3.63) is 70.9 Å². The van der Waals surface area contributed by atoms with Crippen LogP contribution in [0.4, 0.5) is 10.1 Å². The minimum absolute atomic E-state index is 0.152. The van der Waals surface area contributed by atoms with Gasteiger partial charge in [0.2, 0.25) is 5.91 Å². The highest BCUT2D eigenvalue weighted by Gasteiger charge is 2.33. The molecule has 126 valence electrons. The summed E-state index contributed by atoms with van der Waals surface area (Å²) < 4.78 is 13.3. The van der Waals surface area contributed by atoms with Gasteiger partial charge < -0.3 is 5.32 Å². The third kappa shape index (κ3) is 4.32. The molecule has 0 unspecified atom stereocenters. The van der Waals surface area contributed by atoms with Gasteiger partial charge in [-0.25, -0.2) is 4.39 Å². The molecule has 0 spiro atoms. The molecule has 3 rings (SSSR count). The maximum Gasteiger partial charge on any atom is 0.266 e. The normalized spacial score (nSPS) is 15.7. The number of halogens is 1. The molecule has 1 N–H and O–H groups in total. The van der Waals surface area contributed by atoms with Crippen molar-refractivity contribution in [2.24, 2.45) is 0 Å². The van der Waals surface area contributed by atoms with E-state index in [2.05, 4.69) is 5.32 Å². The molecule has 0 bridgehead atoms. The van der Waals surface area contributed by atoms with Crippen LogP contribution in [0.15, 0.2) is 59.5 Å². The molecule has 1 aliphatic heterocycles. The second kappa shape index (κ2) is 7.58. The van der Waals surface area contributed by atoms with Crippen LogP contribution < -0.4 is 5.32 Å². The predicted molar refractivity (Wildman–Crippen MR) is 101 cm³/mol. The van der Waals surface area contributed by atoms with Crippen LogP contribution in [0.3, 0.4) is 0 Å². The summed E-state index contributed by atoms with van der Waals surface area (Å²) in [6.45, 7) is -0.152. The minimum Gasteiger partial charge on any atom is -0.325 e. The summed E-state index contributed by atoms with van der Waals surface area (Å²) >= 11 is 6.33. The number of hydrogen-bond donors (Lipinski definition) is 1. The van der Waals surface area contributed by atoms with E-state index in [0.29, 0.717) is 20.5 Å². The molecule has 1 heterocycles. The molecular formula is C18H13FN2O2S2. The molecule has 0 atom stereocenters. The van der Waals surface area contributed by atoms with Gasteiger partial charge in [-0.3, -0.25) is 14.5 Å². The monoisotopic (exact) mass is 372 g/mol. The van der Waals surface area contributed by atoms with Crippen LogP contribution in [-0.4, -0.2) is 27.6 Å². The predicted octanol–water partition coefficient (Wildman–Crippen LogP) is 3.67. The maximum absolute atomic E-state index is 13.0. The van der Waals surface area contributed by atoms with Gasteiger partial charge in [-0.2, -0.15) is 0 Å². The standard InChI is InChI=1S/C18H13FN2O2S2/c19-13-8-6-12(7-9-13)10-15-17(23)21(18(24)25-15)11-16(22)20-14-4-2-1-3-5-14/h1-10H,11H2,(H,20,22). The van der Waals surface area contributed by atoms with Crippen LogP contribution in [0.2, 0.25) is 0 Å². The fourth-order valence-corrected chi connectivity index (χ4v) is 3.47. The number of thiocarbonyl (C=S) groups is 1. The number of amides is 2. The van der Waals surface area contributed by atoms with Gasteiger partial charge in [0.15, 0.2) is 0 Å². The van der Waals surface area contributed by atoms with Crippen molar-refractivity contribution in [2.45, 2.75) is 0 Å². The van der Waals surface area contributed by atoms with Gasteiger partial charge in [0.1, 0.15) is 16.7 Å². The van der Waals surface area contributed by atoms with E-state index in [1.165, 1.54) is 17.0 Å². The highest BCUT2D eigenvalue weighted by atomic mass is 32.2. The lowest BCUT2D eigenvalue weighted by Crippen LogP contribution is -2.36. The van der Waals surface area contributed by atoms with Crippen LogP contribution in [-0.2, 0) is 9.59 Å². The topological polar surface area (TPSA) is 49.4 Å². The highest BCUT2D eigenvalue weighted by Crippen LogP contribution is 2.32. The lowest BCUT2D eigenvalue weighted by Gasteiger charge is -2.14. The third-order valence-corrected chi connectivity index (χ3v) is 4.78. The number of benzene rings is 2. The molecule has 1 aliphatic rings. The van der Waals surface area contributed by atoms with E-state index in [0.717, 1.165) is 11.8 Å². The Morgan fingerprint density at radius 3 is 2.52 bits per heavy atom. The largest absolute Gasteiger partial charge is 0.325 e. The number of hydrogen-bond acceptors (Lipinski definition) is 4. The summed E-state index contributed by atoms with van der Waals surface area (Å²) in [7, 11) is 0. The molecule has 4 nitrogen and oxygen atoms in total. The molecule has 25 heavy (non-hydrogen) atoms.